The van der Waals surface area contributed by atoms with Gasteiger partial charge in [0.25, 0.3) is 0 Å². The van der Waals surface area contributed by atoms with E-state index in [1.165, 1.54) is 11.1 Å². The summed E-state index contributed by atoms with van der Waals surface area (Å²) in [6, 6.07) is 7.98. The lowest BCUT2D eigenvalue weighted by atomic mass is 10.0. The number of carbonyl (C=O) groups is 2. The lowest BCUT2D eigenvalue weighted by molar-refractivity contribution is -0.149. The van der Waals surface area contributed by atoms with E-state index in [9.17, 15) is 9.59 Å². The molecule has 1 amide bonds. The molecule has 1 saturated carbocycles. The molecule has 1 aromatic carbocycles. The van der Waals surface area contributed by atoms with Crippen molar-refractivity contribution >= 4 is 11.9 Å². The highest BCUT2D eigenvalue weighted by atomic mass is 16.4. The number of carbonyl (C=O) groups excluding carboxylic acids is 1. The van der Waals surface area contributed by atoms with Crippen molar-refractivity contribution in [3.63, 3.8) is 0 Å². The minimum Gasteiger partial charge on any atom is -0.480 e. The summed E-state index contributed by atoms with van der Waals surface area (Å²) in [4.78, 5) is 22.7. The van der Waals surface area contributed by atoms with Gasteiger partial charge in [-0.15, -0.1) is 0 Å². The Labute approximate surface area is 106 Å². The van der Waals surface area contributed by atoms with Crippen molar-refractivity contribution in [2.45, 2.75) is 26.2 Å². The molecule has 0 saturated heterocycles. The van der Waals surface area contributed by atoms with Gasteiger partial charge in [-0.25, -0.2) is 0 Å². The molecule has 2 rings (SSSR count). The van der Waals surface area contributed by atoms with Crippen molar-refractivity contribution in [1.82, 2.24) is 5.32 Å². The number of carboxylic acids is 1. The van der Waals surface area contributed by atoms with Crippen LogP contribution in [-0.4, -0.2) is 23.5 Å². The zero-order chi connectivity index (χ0) is 13.2. The summed E-state index contributed by atoms with van der Waals surface area (Å²) >= 11 is 0. The van der Waals surface area contributed by atoms with Gasteiger partial charge in [0.1, 0.15) is 5.41 Å². The van der Waals surface area contributed by atoms with Gasteiger partial charge < -0.3 is 10.4 Å². The molecule has 0 aliphatic heterocycles. The van der Waals surface area contributed by atoms with Crippen molar-refractivity contribution in [2.75, 3.05) is 6.54 Å². The topological polar surface area (TPSA) is 66.4 Å². The van der Waals surface area contributed by atoms with Crippen molar-refractivity contribution < 1.29 is 14.7 Å². The van der Waals surface area contributed by atoms with E-state index >= 15 is 0 Å². The Kier molecular flexibility index (Phi) is 3.36. The Morgan fingerprint density at radius 2 is 2.00 bits per heavy atom. The number of carboxylic acid groups (broad SMARTS) is 1. The maximum Gasteiger partial charge on any atom is 0.319 e. The van der Waals surface area contributed by atoms with E-state index in [0.717, 1.165) is 6.42 Å². The first-order valence-electron chi connectivity index (χ1n) is 6.12. The largest absolute Gasteiger partial charge is 0.480 e. The summed E-state index contributed by atoms with van der Waals surface area (Å²) in [5.41, 5.74) is 1.23. The van der Waals surface area contributed by atoms with Crippen LogP contribution in [-0.2, 0) is 16.0 Å². The molecule has 2 N–H and O–H groups in total. The van der Waals surface area contributed by atoms with Crippen molar-refractivity contribution in [3.8, 4) is 0 Å². The third kappa shape index (κ3) is 2.37. The number of amides is 1. The first-order valence-corrected chi connectivity index (χ1v) is 6.12. The molecular formula is C14H17NO3. The maximum atomic E-state index is 11.8. The van der Waals surface area contributed by atoms with Crippen LogP contribution in [0.2, 0.25) is 0 Å². The molecule has 0 unspecified atom stereocenters. The molecule has 18 heavy (non-hydrogen) atoms. The molecule has 0 bridgehead atoms. The Balaban J connectivity index is 1.85. The van der Waals surface area contributed by atoms with Crippen LogP contribution < -0.4 is 5.32 Å². The Morgan fingerprint density at radius 3 is 2.56 bits per heavy atom. The van der Waals surface area contributed by atoms with E-state index in [0.29, 0.717) is 19.4 Å². The van der Waals surface area contributed by atoms with Crippen molar-refractivity contribution in [1.29, 1.82) is 0 Å². The smallest absolute Gasteiger partial charge is 0.319 e. The molecule has 1 aliphatic rings. The van der Waals surface area contributed by atoms with Crippen LogP contribution in [0.25, 0.3) is 0 Å². The molecule has 1 aliphatic carbocycles. The molecule has 4 heteroatoms. The fourth-order valence-electron chi connectivity index (χ4n) is 2.03. The van der Waals surface area contributed by atoms with Gasteiger partial charge in [-0.05, 0) is 37.3 Å². The van der Waals surface area contributed by atoms with Crippen LogP contribution >= 0.6 is 0 Å². The third-order valence-corrected chi connectivity index (χ3v) is 3.54. The van der Waals surface area contributed by atoms with E-state index in [4.69, 9.17) is 5.11 Å². The standard InChI is InChI=1S/C14H17NO3/c1-10-4-2-3-5-11(10)6-9-15-12(16)14(7-8-14)13(17)18/h2-5H,6-9H2,1H3,(H,15,16)(H,17,18). The number of nitrogens with one attached hydrogen (secondary N) is 1. The highest BCUT2D eigenvalue weighted by Crippen LogP contribution is 2.45. The van der Waals surface area contributed by atoms with Crippen LogP contribution in [0.15, 0.2) is 24.3 Å². The lowest BCUT2D eigenvalue weighted by Crippen LogP contribution is -2.38. The fraction of sp³-hybridized carbons (Fsp3) is 0.429. The zero-order valence-corrected chi connectivity index (χ0v) is 10.4. The first-order chi connectivity index (χ1) is 8.56. The summed E-state index contributed by atoms with van der Waals surface area (Å²) in [7, 11) is 0. The Morgan fingerprint density at radius 1 is 1.33 bits per heavy atom. The summed E-state index contributed by atoms with van der Waals surface area (Å²) in [5, 5.41) is 11.7. The minimum atomic E-state index is -1.13. The van der Waals surface area contributed by atoms with Gasteiger partial charge in [0.05, 0.1) is 0 Å². The molecule has 4 nitrogen and oxygen atoms in total. The van der Waals surface area contributed by atoms with Crippen molar-refractivity contribution in [3.05, 3.63) is 35.4 Å². The predicted octanol–water partition coefficient (Wildman–Crippen LogP) is 1.52. The van der Waals surface area contributed by atoms with E-state index < -0.39 is 11.4 Å². The van der Waals surface area contributed by atoms with Crippen LogP contribution in [0.1, 0.15) is 24.0 Å². The highest BCUT2D eigenvalue weighted by molar-refractivity contribution is 6.04. The molecule has 0 aromatic heterocycles. The van der Waals surface area contributed by atoms with Crippen LogP contribution in [0.3, 0.4) is 0 Å². The molecule has 0 heterocycles. The number of benzene rings is 1. The number of hydrogen-bond acceptors (Lipinski definition) is 2. The molecule has 0 radical (unpaired) electrons. The van der Waals surface area contributed by atoms with E-state index in [2.05, 4.69) is 5.32 Å². The zero-order valence-electron chi connectivity index (χ0n) is 10.4. The van der Waals surface area contributed by atoms with E-state index in [1.807, 2.05) is 31.2 Å². The lowest BCUT2D eigenvalue weighted by Gasteiger charge is -2.11. The molecule has 96 valence electrons. The minimum absolute atomic E-state index is 0.344. The van der Waals surface area contributed by atoms with Gasteiger partial charge in [0.2, 0.25) is 5.91 Å². The summed E-state index contributed by atoms with van der Waals surface area (Å²) in [6.45, 7) is 2.51. The summed E-state index contributed by atoms with van der Waals surface area (Å²) in [5.74, 6) is -1.35. The van der Waals surface area contributed by atoms with Gasteiger partial charge in [-0.1, -0.05) is 24.3 Å². The van der Waals surface area contributed by atoms with Gasteiger partial charge >= 0.3 is 5.97 Å². The average molecular weight is 247 g/mol. The predicted molar refractivity (Wildman–Crippen MR) is 67.2 cm³/mol. The van der Waals surface area contributed by atoms with Crippen LogP contribution in [0, 0.1) is 12.3 Å². The van der Waals surface area contributed by atoms with E-state index in [1.54, 1.807) is 0 Å². The molecule has 1 fully saturated rings. The molecule has 1 aromatic rings. The average Bonchev–Trinajstić information content (AvgIpc) is 3.12. The van der Waals surface area contributed by atoms with Gasteiger partial charge in [-0.2, -0.15) is 0 Å². The van der Waals surface area contributed by atoms with Crippen molar-refractivity contribution in [2.24, 2.45) is 5.41 Å². The summed E-state index contributed by atoms with van der Waals surface area (Å²) < 4.78 is 0. The number of aryl methyl sites for hydroxylation is 1. The monoisotopic (exact) mass is 247 g/mol. The maximum absolute atomic E-state index is 11.8. The van der Waals surface area contributed by atoms with Crippen LogP contribution in [0.4, 0.5) is 0 Å². The number of aliphatic carboxylic acids is 1. The highest BCUT2D eigenvalue weighted by Gasteiger charge is 2.56. The fourth-order valence-corrected chi connectivity index (χ4v) is 2.03. The second kappa shape index (κ2) is 4.80. The molecule has 0 spiro atoms. The number of hydrogen-bond donors (Lipinski definition) is 2. The Hall–Kier alpha value is -1.84. The van der Waals surface area contributed by atoms with Crippen LogP contribution in [0.5, 0.6) is 0 Å². The number of rotatable bonds is 5. The van der Waals surface area contributed by atoms with Gasteiger partial charge in [0.15, 0.2) is 0 Å². The quantitative estimate of drug-likeness (QED) is 0.775. The second-order valence-corrected chi connectivity index (χ2v) is 4.82. The first kappa shape index (κ1) is 12.6. The van der Waals surface area contributed by atoms with Gasteiger partial charge in [0, 0.05) is 6.54 Å². The molecular weight excluding hydrogens is 230 g/mol. The normalized spacial score (nSPS) is 16.1. The SMILES string of the molecule is Cc1ccccc1CCNC(=O)C1(C(=O)O)CC1. The molecule has 0 atom stereocenters. The Bertz CT molecular complexity index is 478. The second-order valence-electron chi connectivity index (χ2n) is 4.82. The third-order valence-electron chi connectivity index (χ3n) is 3.54. The van der Waals surface area contributed by atoms with Gasteiger partial charge in [-0.3, -0.25) is 9.59 Å². The van der Waals surface area contributed by atoms with E-state index in [-0.39, 0.29) is 5.91 Å². The summed E-state index contributed by atoms with van der Waals surface area (Å²) in [6.07, 6.45) is 1.64.